The van der Waals surface area contributed by atoms with Gasteiger partial charge in [0.05, 0.1) is 5.92 Å². The Morgan fingerprint density at radius 1 is 1.08 bits per heavy atom. The van der Waals surface area contributed by atoms with Gasteiger partial charge in [0.1, 0.15) is 0 Å². The van der Waals surface area contributed by atoms with Gasteiger partial charge in [-0.3, -0.25) is 19.6 Å². The minimum Gasteiger partial charge on any atom is -0.356 e. The molecule has 0 bridgehead atoms. The number of hydrogen-bond donors (Lipinski definition) is 1. The van der Waals surface area contributed by atoms with Crippen molar-refractivity contribution in [3.05, 3.63) is 30.1 Å². The molecule has 2 aliphatic heterocycles. The number of likely N-dealkylation sites (tertiary alicyclic amines) is 2. The Morgan fingerprint density at radius 3 is 2.58 bits per heavy atom. The number of nitrogens with one attached hydrogen (secondary N) is 1. The summed E-state index contributed by atoms with van der Waals surface area (Å²) < 4.78 is 0. The third-order valence-electron chi connectivity index (χ3n) is 6.31. The molecule has 26 heavy (non-hydrogen) atoms. The Kier molecular flexibility index (Phi) is 5.85. The van der Waals surface area contributed by atoms with Gasteiger partial charge in [0, 0.05) is 38.1 Å². The lowest BCUT2D eigenvalue weighted by molar-refractivity contribution is -0.127. The molecule has 0 spiro atoms. The van der Waals surface area contributed by atoms with Crippen LogP contribution in [0.5, 0.6) is 0 Å². The molecule has 1 unspecified atom stereocenters. The molecular weight excluding hydrogens is 324 g/mol. The first-order valence-corrected chi connectivity index (χ1v) is 10.4. The fraction of sp³-hybridized carbons (Fsp3) is 0.714. The molecule has 1 amide bonds. The summed E-state index contributed by atoms with van der Waals surface area (Å²) in [5.41, 5.74) is 1.35. The number of carbonyl (C=O) groups excluding carboxylic acids is 1. The first kappa shape index (κ1) is 17.9. The van der Waals surface area contributed by atoms with Gasteiger partial charge < -0.3 is 5.32 Å². The van der Waals surface area contributed by atoms with E-state index in [1.54, 1.807) is 0 Å². The Hall–Kier alpha value is -1.46. The monoisotopic (exact) mass is 356 g/mol. The van der Waals surface area contributed by atoms with Gasteiger partial charge in [-0.05, 0) is 81.8 Å². The van der Waals surface area contributed by atoms with E-state index in [0.717, 1.165) is 45.1 Å². The Morgan fingerprint density at radius 2 is 1.85 bits per heavy atom. The van der Waals surface area contributed by atoms with Gasteiger partial charge in [0.2, 0.25) is 5.91 Å². The molecule has 0 radical (unpaired) electrons. The fourth-order valence-electron chi connectivity index (χ4n) is 4.45. The van der Waals surface area contributed by atoms with Crippen molar-refractivity contribution in [3.63, 3.8) is 0 Å². The second-order valence-electron chi connectivity index (χ2n) is 8.39. The topological polar surface area (TPSA) is 48.5 Å². The number of amides is 1. The van der Waals surface area contributed by atoms with Gasteiger partial charge in [-0.1, -0.05) is 0 Å². The highest BCUT2D eigenvalue weighted by atomic mass is 16.1. The minimum atomic E-state index is 0.206. The number of piperidine rings is 2. The van der Waals surface area contributed by atoms with Gasteiger partial charge in [-0.25, -0.2) is 0 Å². The summed E-state index contributed by atoms with van der Waals surface area (Å²) in [6, 6.07) is 4.88. The summed E-state index contributed by atoms with van der Waals surface area (Å²) in [5, 5.41) is 3.19. The van der Waals surface area contributed by atoms with E-state index in [1.165, 1.54) is 44.2 Å². The molecule has 142 valence electrons. The van der Waals surface area contributed by atoms with Crippen LogP contribution in [0.15, 0.2) is 24.5 Å². The van der Waals surface area contributed by atoms with Crippen molar-refractivity contribution in [2.45, 2.75) is 51.1 Å². The van der Waals surface area contributed by atoms with Crippen LogP contribution in [0.3, 0.4) is 0 Å². The van der Waals surface area contributed by atoms with E-state index < -0.39 is 0 Å². The summed E-state index contributed by atoms with van der Waals surface area (Å²) >= 11 is 0. The van der Waals surface area contributed by atoms with Crippen LogP contribution >= 0.6 is 0 Å². The SMILES string of the molecule is O=C(NCC1CC1)C1CCCN(C2CCN(Cc3ccncc3)CC2)C1. The molecule has 3 aliphatic rings. The average Bonchev–Trinajstić information content (AvgIpc) is 3.52. The lowest BCUT2D eigenvalue weighted by Crippen LogP contribution is -2.50. The van der Waals surface area contributed by atoms with Crippen LogP contribution in [0.2, 0.25) is 0 Å². The number of hydrogen-bond acceptors (Lipinski definition) is 4. The van der Waals surface area contributed by atoms with Crippen LogP contribution < -0.4 is 5.32 Å². The van der Waals surface area contributed by atoms with Crippen molar-refractivity contribution in [1.29, 1.82) is 0 Å². The zero-order valence-corrected chi connectivity index (χ0v) is 15.8. The van der Waals surface area contributed by atoms with E-state index in [2.05, 4.69) is 32.2 Å². The third kappa shape index (κ3) is 4.83. The molecule has 5 heteroatoms. The summed E-state index contributed by atoms with van der Waals surface area (Å²) in [4.78, 5) is 21.7. The lowest BCUT2D eigenvalue weighted by atomic mass is 9.93. The third-order valence-corrected chi connectivity index (χ3v) is 6.31. The first-order valence-electron chi connectivity index (χ1n) is 10.4. The van der Waals surface area contributed by atoms with E-state index in [4.69, 9.17) is 0 Å². The summed E-state index contributed by atoms with van der Waals surface area (Å²) in [7, 11) is 0. The Bertz CT molecular complexity index is 581. The molecule has 1 atom stereocenters. The van der Waals surface area contributed by atoms with Gasteiger partial charge in [0.15, 0.2) is 0 Å². The van der Waals surface area contributed by atoms with Crippen LogP contribution in [-0.2, 0) is 11.3 Å². The van der Waals surface area contributed by atoms with Crippen molar-refractivity contribution in [1.82, 2.24) is 20.1 Å². The van der Waals surface area contributed by atoms with E-state index in [1.807, 2.05) is 12.4 Å². The summed E-state index contributed by atoms with van der Waals surface area (Å²) in [5.74, 6) is 1.28. The molecule has 1 aliphatic carbocycles. The van der Waals surface area contributed by atoms with Crippen molar-refractivity contribution in [3.8, 4) is 0 Å². The maximum atomic E-state index is 12.5. The van der Waals surface area contributed by atoms with Crippen LogP contribution in [-0.4, -0.2) is 59.5 Å². The molecule has 2 saturated heterocycles. The Balaban J connectivity index is 1.22. The van der Waals surface area contributed by atoms with Crippen LogP contribution in [0, 0.1) is 11.8 Å². The van der Waals surface area contributed by atoms with Crippen molar-refractivity contribution >= 4 is 5.91 Å². The predicted molar refractivity (Wildman–Crippen MR) is 103 cm³/mol. The lowest BCUT2D eigenvalue weighted by Gasteiger charge is -2.42. The highest BCUT2D eigenvalue weighted by Gasteiger charge is 2.32. The van der Waals surface area contributed by atoms with Crippen molar-refractivity contribution in [2.75, 3.05) is 32.7 Å². The number of carbonyl (C=O) groups is 1. The molecule has 1 aromatic rings. The van der Waals surface area contributed by atoms with E-state index in [9.17, 15) is 4.79 Å². The molecule has 1 N–H and O–H groups in total. The molecule has 0 aromatic carbocycles. The zero-order valence-electron chi connectivity index (χ0n) is 15.8. The molecule has 4 rings (SSSR count). The normalized spacial score (nSPS) is 25.9. The summed E-state index contributed by atoms with van der Waals surface area (Å²) in [6.45, 7) is 6.38. The van der Waals surface area contributed by atoms with Gasteiger partial charge >= 0.3 is 0 Å². The highest BCUT2D eigenvalue weighted by molar-refractivity contribution is 5.79. The van der Waals surface area contributed by atoms with Crippen LogP contribution in [0.1, 0.15) is 44.1 Å². The highest BCUT2D eigenvalue weighted by Crippen LogP contribution is 2.28. The molecule has 1 aromatic heterocycles. The number of nitrogens with zero attached hydrogens (tertiary/aromatic N) is 3. The standard InChI is InChI=1S/C21H32N4O/c26-21(23-14-17-3-4-17)19-2-1-11-25(16-19)20-7-12-24(13-8-20)15-18-5-9-22-10-6-18/h5-6,9-10,17,19-20H,1-4,7-8,11-16H2,(H,23,26). The van der Waals surface area contributed by atoms with E-state index in [0.29, 0.717) is 11.9 Å². The van der Waals surface area contributed by atoms with Crippen LogP contribution in [0.4, 0.5) is 0 Å². The van der Waals surface area contributed by atoms with E-state index >= 15 is 0 Å². The van der Waals surface area contributed by atoms with Gasteiger partial charge in [-0.2, -0.15) is 0 Å². The largest absolute Gasteiger partial charge is 0.356 e. The van der Waals surface area contributed by atoms with Crippen molar-refractivity contribution < 1.29 is 4.79 Å². The first-order chi connectivity index (χ1) is 12.8. The number of pyridine rings is 1. The van der Waals surface area contributed by atoms with E-state index in [-0.39, 0.29) is 5.92 Å². The van der Waals surface area contributed by atoms with Crippen molar-refractivity contribution in [2.24, 2.45) is 11.8 Å². The second kappa shape index (κ2) is 8.49. The minimum absolute atomic E-state index is 0.206. The second-order valence-corrected chi connectivity index (χ2v) is 8.39. The maximum absolute atomic E-state index is 12.5. The molecular formula is C21H32N4O. The summed E-state index contributed by atoms with van der Waals surface area (Å²) in [6.07, 6.45) is 11.0. The predicted octanol–water partition coefficient (Wildman–Crippen LogP) is 2.28. The number of aromatic nitrogens is 1. The molecule has 1 saturated carbocycles. The maximum Gasteiger partial charge on any atom is 0.224 e. The molecule has 3 fully saturated rings. The number of rotatable bonds is 6. The fourth-order valence-corrected chi connectivity index (χ4v) is 4.45. The quantitative estimate of drug-likeness (QED) is 0.850. The van der Waals surface area contributed by atoms with Crippen LogP contribution in [0.25, 0.3) is 0 Å². The Labute approximate surface area is 157 Å². The zero-order chi connectivity index (χ0) is 17.8. The van der Waals surface area contributed by atoms with Gasteiger partial charge in [-0.15, -0.1) is 0 Å². The average molecular weight is 357 g/mol. The van der Waals surface area contributed by atoms with Gasteiger partial charge in [0.25, 0.3) is 0 Å². The smallest absolute Gasteiger partial charge is 0.224 e. The molecule has 5 nitrogen and oxygen atoms in total. The molecule has 3 heterocycles.